The van der Waals surface area contributed by atoms with Gasteiger partial charge in [0.2, 0.25) is 5.88 Å². The quantitative estimate of drug-likeness (QED) is 0.881. The lowest BCUT2D eigenvalue weighted by Crippen LogP contribution is -1.96. The van der Waals surface area contributed by atoms with Gasteiger partial charge in [0.15, 0.2) is 11.5 Å². The second-order valence-corrected chi connectivity index (χ2v) is 3.60. The molecule has 0 radical (unpaired) electrons. The van der Waals surface area contributed by atoms with E-state index in [1.54, 1.807) is 20.4 Å². The third kappa shape index (κ3) is 1.80. The summed E-state index contributed by atoms with van der Waals surface area (Å²) in [6.45, 7) is 1.96. The minimum Gasteiger partial charge on any atom is -0.493 e. The maximum Gasteiger partial charge on any atom is 0.230 e. The summed E-state index contributed by atoms with van der Waals surface area (Å²) in [5.41, 5.74) is 8.29. The van der Waals surface area contributed by atoms with Crippen molar-refractivity contribution in [1.82, 2.24) is 5.16 Å². The number of nitrogen functional groups attached to an aromatic ring is 1. The molecule has 2 aromatic rings. The molecule has 0 aliphatic heterocycles. The van der Waals surface area contributed by atoms with E-state index in [-0.39, 0.29) is 5.88 Å². The Hall–Kier alpha value is -2.17. The molecule has 0 amide bonds. The molecule has 2 N–H and O–H groups in total. The minimum absolute atomic E-state index is 0.264. The number of nitrogens with two attached hydrogens (primary N) is 1. The van der Waals surface area contributed by atoms with Crippen LogP contribution in [0.1, 0.15) is 5.56 Å². The van der Waals surface area contributed by atoms with E-state index in [0.717, 1.165) is 11.1 Å². The second-order valence-electron chi connectivity index (χ2n) is 3.60. The Morgan fingerprint density at radius 3 is 2.53 bits per heavy atom. The Kier molecular flexibility index (Phi) is 2.91. The lowest BCUT2D eigenvalue weighted by molar-refractivity contribution is 0.356. The number of hydrogen-bond acceptors (Lipinski definition) is 5. The number of ether oxygens (including phenoxy) is 2. The van der Waals surface area contributed by atoms with Gasteiger partial charge in [0.25, 0.3) is 0 Å². The number of hydrogen-bond donors (Lipinski definition) is 1. The average Bonchev–Trinajstić information content (AvgIpc) is 2.74. The average molecular weight is 234 g/mol. The van der Waals surface area contributed by atoms with Crippen LogP contribution in [0.15, 0.2) is 22.9 Å². The molecule has 90 valence electrons. The first-order valence-corrected chi connectivity index (χ1v) is 5.11. The third-order valence-corrected chi connectivity index (χ3v) is 2.62. The van der Waals surface area contributed by atoms with Crippen molar-refractivity contribution in [2.45, 2.75) is 6.92 Å². The molecule has 0 aliphatic rings. The molecule has 1 heterocycles. The monoisotopic (exact) mass is 234 g/mol. The highest BCUT2D eigenvalue weighted by atomic mass is 16.5. The van der Waals surface area contributed by atoms with E-state index in [1.165, 1.54) is 0 Å². The molecule has 0 saturated carbocycles. The first-order valence-electron chi connectivity index (χ1n) is 5.11. The lowest BCUT2D eigenvalue weighted by Gasteiger charge is -2.14. The SMILES string of the molecule is COc1ccc(C)c(-c2cnoc2N)c1OC. The molecular weight excluding hydrogens is 220 g/mol. The predicted molar refractivity (Wildman–Crippen MR) is 64.2 cm³/mol. The molecule has 5 nitrogen and oxygen atoms in total. The number of aryl methyl sites for hydroxylation is 1. The van der Waals surface area contributed by atoms with E-state index in [4.69, 9.17) is 19.7 Å². The zero-order valence-corrected chi connectivity index (χ0v) is 9.98. The van der Waals surface area contributed by atoms with Crippen LogP contribution in [0.3, 0.4) is 0 Å². The Morgan fingerprint density at radius 1 is 1.24 bits per heavy atom. The standard InChI is InChI=1S/C12H14N2O3/c1-7-4-5-9(15-2)11(16-3)10(7)8-6-14-17-12(8)13/h4-6H,13H2,1-3H3. The zero-order valence-electron chi connectivity index (χ0n) is 9.98. The summed E-state index contributed by atoms with van der Waals surface area (Å²) in [5.74, 6) is 1.54. The Bertz CT molecular complexity index is 535. The van der Waals surface area contributed by atoms with Crippen LogP contribution in [0, 0.1) is 6.92 Å². The van der Waals surface area contributed by atoms with Gasteiger partial charge in [0, 0.05) is 5.56 Å². The molecule has 0 atom stereocenters. The van der Waals surface area contributed by atoms with Crippen molar-refractivity contribution in [2.75, 3.05) is 20.0 Å². The highest BCUT2D eigenvalue weighted by Gasteiger charge is 2.18. The molecular formula is C12H14N2O3. The highest BCUT2D eigenvalue weighted by Crippen LogP contribution is 2.42. The number of methoxy groups -OCH3 is 2. The van der Waals surface area contributed by atoms with Gasteiger partial charge in [-0.15, -0.1) is 0 Å². The van der Waals surface area contributed by atoms with Crippen LogP contribution < -0.4 is 15.2 Å². The van der Waals surface area contributed by atoms with Crippen molar-refractivity contribution in [3.63, 3.8) is 0 Å². The van der Waals surface area contributed by atoms with Gasteiger partial charge in [-0.05, 0) is 18.6 Å². The van der Waals surface area contributed by atoms with Crippen molar-refractivity contribution in [3.05, 3.63) is 23.9 Å². The van der Waals surface area contributed by atoms with Crippen LogP contribution in [0.2, 0.25) is 0 Å². The van der Waals surface area contributed by atoms with Crippen LogP contribution in [0.25, 0.3) is 11.1 Å². The van der Waals surface area contributed by atoms with Gasteiger partial charge in [-0.1, -0.05) is 11.2 Å². The molecule has 0 unspecified atom stereocenters. The summed E-state index contributed by atoms with van der Waals surface area (Å²) in [6.07, 6.45) is 1.57. The molecule has 0 bridgehead atoms. The van der Waals surface area contributed by atoms with Crippen molar-refractivity contribution >= 4 is 5.88 Å². The summed E-state index contributed by atoms with van der Waals surface area (Å²) in [5, 5.41) is 3.67. The van der Waals surface area contributed by atoms with Crippen LogP contribution in [-0.4, -0.2) is 19.4 Å². The van der Waals surface area contributed by atoms with Crippen molar-refractivity contribution < 1.29 is 14.0 Å². The van der Waals surface area contributed by atoms with Crippen molar-refractivity contribution in [2.24, 2.45) is 0 Å². The smallest absolute Gasteiger partial charge is 0.230 e. The van der Waals surface area contributed by atoms with Gasteiger partial charge in [0.1, 0.15) is 0 Å². The van der Waals surface area contributed by atoms with E-state index >= 15 is 0 Å². The molecule has 17 heavy (non-hydrogen) atoms. The van der Waals surface area contributed by atoms with Crippen LogP contribution in [0.4, 0.5) is 5.88 Å². The fourth-order valence-corrected chi connectivity index (χ4v) is 1.80. The maximum absolute atomic E-state index is 5.73. The summed E-state index contributed by atoms with van der Waals surface area (Å²) in [6, 6.07) is 3.78. The van der Waals surface area contributed by atoms with E-state index in [9.17, 15) is 0 Å². The number of nitrogens with zero attached hydrogens (tertiary/aromatic N) is 1. The molecule has 1 aromatic carbocycles. The lowest BCUT2D eigenvalue weighted by atomic mass is 10.0. The van der Waals surface area contributed by atoms with Crippen LogP contribution in [-0.2, 0) is 0 Å². The Morgan fingerprint density at radius 2 is 2.00 bits per heavy atom. The predicted octanol–water partition coefficient (Wildman–Crippen LogP) is 2.25. The number of rotatable bonds is 3. The van der Waals surface area contributed by atoms with E-state index in [2.05, 4.69) is 5.16 Å². The fraction of sp³-hybridized carbons (Fsp3) is 0.250. The van der Waals surface area contributed by atoms with Gasteiger partial charge in [-0.3, -0.25) is 0 Å². The largest absolute Gasteiger partial charge is 0.493 e. The summed E-state index contributed by atoms with van der Waals surface area (Å²) in [4.78, 5) is 0. The first-order chi connectivity index (χ1) is 8.19. The van der Waals surface area contributed by atoms with E-state index in [0.29, 0.717) is 17.1 Å². The van der Waals surface area contributed by atoms with Gasteiger partial charge < -0.3 is 19.7 Å². The summed E-state index contributed by atoms with van der Waals surface area (Å²) >= 11 is 0. The molecule has 0 aliphatic carbocycles. The fourth-order valence-electron chi connectivity index (χ4n) is 1.80. The number of aromatic nitrogens is 1. The Balaban J connectivity index is 2.71. The molecule has 2 rings (SSSR count). The van der Waals surface area contributed by atoms with Gasteiger partial charge in [-0.2, -0.15) is 0 Å². The molecule has 0 spiro atoms. The normalized spacial score (nSPS) is 10.3. The maximum atomic E-state index is 5.73. The first kappa shape index (κ1) is 11.3. The number of anilines is 1. The van der Waals surface area contributed by atoms with Gasteiger partial charge in [-0.25, -0.2) is 0 Å². The molecule has 0 fully saturated rings. The molecule has 0 saturated heterocycles. The van der Waals surface area contributed by atoms with Crippen LogP contribution >= 0.6 is 0 Å². The van der Waals surface area contributed by atoms with Crippen LogP contribution in [0.5, 0.6) is 11.5 Å². The van der Waals surface area contributed by atoms with Gasteiger partial charge >= 0.3 is 0 Å². The number of benzene rings is 1. The topological polar surface area (TPSA) is 70.5 Å². The van der Waals surface area contributed by atoms with Gasteiger partial charge in [0.05, 0.1) is 26.0 Å². The van der Waals surface area contributed by atoms with Crippen molar-refractivity contribution in [3.8, 4) is 22.6 Å². The van der Waals surface area contributed by atoms with E-state index < -0.39 is 0 Å². The summed E-state index contributed by atoms with van der Waals surface area (Å²) in [7, 11) is 3.18. The molecule has 1 aromatic heterocycles. The summed E-state index contributed by atoms with van der Waals surface area (Å²) < 4.78 is 15.5. The zero-order chi connectivity index (χ0) is 12.4. The highest BCUT2D eigenvalue weighted by molar-refractivity contribution is 5.82. The molecule has 5 heteroatoms. The Labute approximate surface area is 99.1 Å². The second kappa shape index (κ2) is 4.37. The van der Waals surface area contributed by atoms with Crippen molar-refractivity contribution in [1.29, 1.82) is 0 Å². The third-order valence-electron chi connectivity index (χ3n) is 2.62. The minimum atomic E-state index is 0.264. The van der Waals surface area contributed by atoms with E-state index in [1.807, 2.05) is 19.1 Å².